The topological polar surface area (TPSA) is 57.5 Å². The Kier molecular flexibility index (Phi) is 3.02. The van der Waals surface area contributed by atoms with E-state index in [0.717, 1.165) is 0 Å². The van der Waals surface area contributed by atoms with Crippen LogP contribution < -0.4 is 0 Å². The summed E-state index contributed by atoms with van der Waals surface area (Å²) in [5.41, 5.74) is 0.780. The molecular weight excluding hydrogens is 240 g/mol. The average Bonchev–Trinajstić information content (AvgIpc) is 2.33. The van der Waals surface area contributed by atoms with E-state index in [9.17, 15) is 9.90 Å². The van der Waals surface area contributed by atoms with E-state index in [1.807, 2.05) is 0 Å². The second kappa shape index (κ2) is 4.47. The predicted octanol–water partition coefficient (Wildman–Crippen LogP) is 2.98. The predicted molar refractivity (Wildman–Crippen MR) is 64.7 cm³/mol. The molecule has 2 aromatic carbocycles. The summed E-state index contributed by atoms with van der Waals surface area (Å²) in [7, 11) is 0. The molecule has 0 aliphatic heterocycles. The Balaban J connectivity index is 2.37. The van der Waals surface area contributed by atoms with Gasteiger partial charge in [0.1, 0.15) is 0 Å². The minimum atomic E-state index is -0.315. The van der Waals surface area contributed by atoms with Crippen molar-refractivity contribution in [3.8, 4) is 11.5 Å². The lowest BCUT2D eigenvalue weighted by molar-refractivity contribution is 0.103. The number of carbonyl (C=O) groups excluding carboxylic acids is 1. The lowest BCUT2D eigenvalue weighted by atomic mass is 10.0. The molecule has 0 radical (unpaired) electrons. The van der Waals surface area contributed by atoms with Gasteiger partial charge in [-0.2, -0.15) is 0 Å². The number of hydrogen-bond acceptors (Lipinski definition) is 3. The number of aromatic hydroxyl groups is 2. The van der Waals surface area contributed by atoms with Gasteiger partial charge in [0.05, 0.1) is 0 Å². The van der Waals surface area contributed by atoms with Crippen molar-refractivity contribution < 1.29 is 15.0 Å². The van der Waals surface area contributed by atoms with Crippen LogP contribution in [-0.2, 0) is 0 Å². The molecule has 0 spiro atoms. The van der Waals surface area contributed by atoms with Crippen LogP contribution in [0.4, 0.5) is 0 Å². The number of hydrogen-bond donors (Lipinski definition) is 2. The van der Waals surface area contributed by atoms with E-state index in [0.29, 0.717) is 16.1 Å². The van der Waals surface area contributed by atoms with E-state index in [1.54, 1.807) is 24.3 Å². The normalized spacial score (nSPS) is 10.2. The first-order valence-corrected chi connectivity index (χ1v) is 5.28. The maximum atomic E-state index is 12.0. The fourth-order valence-corrected chi connectivity index (χ4v) is 1.56. The third kappa shape index (κ3) is 2.40. The largest absolute Gasteiger partial charge is 0.504 e. The number of rotatable bonds is 2. The smallest absolute Gasteiger partial charge is 0.193 e. The molecule has 0 bridgehead atoms. The molecule has 2 N–H and O–H groups in total. The van der Waals surface area contributed by atoms with Crippen LogP contribution in [0.15, 0.2) is 42.5 Å². The summed E-state index contributed by atoms with van der Waals surface area (Å²) in [6.45, 7) is 0. The minimum Gasteiger partial charge on any atom is -0.504 e. The van der Waals surface area contributed by atoms with Crippen LogP contribution in [0.1, 0.15) is 15.9 Å². The van der Waals surface area contributed by atoms with E-state index >= 15 is 0 Å². The zero-order valence-electron chi connectivity index (χ0n) is 8.72. The SMILES string of the molecule is O=C(c1ccc(Cl)cc1)c1ccc(O)c(O)c1. The maximum absolute atomic E-state index is 12.0. The summed E-state index contributed by atoms with van der Waals surface area (Å²) in [6, 6.07) is 10.4. The highest BCUT2D eigenvalue weighted by atomic mass is 35.5. The third-order valence-electron chi connectivity index (χ3n) is 2.34. The molecule has 0 atom stereocenters. The molecule has 0 aliphatic carbocycles. The van der Waals surface area contributed by atoms with Crippen LogP contribution in [0.25, 0.3) is 0 Å². The van der Waals surface area contributed by atoms with Crippen molar-refractivity contribution >= 4 is 17.4 Å². The molecular formula is C13H9ClO3. The summed E-state index contributed by atoms with van der Waals surface area (Å²) in [5, 5.41) is 19.0. The number of phenols is 2. The van der Waals surface area contributed by atoms with Gasteiger partial charge in [-0.15, -0.1) is 0 Å². The first-order chi connectivity index (χ1) is 8.08. The lowest BCUT2D eigenvalue weighted by Gasteiger charge is -2.03. The highest BCUT2D eigenvalue weighted by molar-refractivity contribution is 6.30. The standard InChI is InChI=1S/C13H9ClO3/c14-10-4-1-8(2-5-10)13(17)9-3-6-11(15)12(16)7-9/h1-7,15-16H. The Morgan fingerprint density at radius 2 is 1.47 bits per heavy atom. The first-order valence-electron chi connectivity index (χ1n) is 4.90. The zero-order chi connectivity index (χ0) is 12.4. The maximum Gasteiger partial charge on any atom is 0.193 e. The summed E-state index contributed by atoms with van der Waals surface area (Å²) < 4.78 is 0. The minimum absolute atomic E-state index is 0.239. The molecule has 86 valence electrons. The second-order valence-corrected chi connectivity index (χ2v) is 3.98. The van der Waals surface area contributed by atoms with Crippen LogP contribution in [0.3, 0.4) is 0 Å². The lowest BCUT2D eigenvalue weighted by Crippen LogP contribution is -2.00. The molecule has 0 saturated carbocycles. The molecule has 17 heavy (non-hydrogen) atoms. The highest BCUT2D eigenvalue weighted by Gasteiger charge is 2.11. The van der Waals surface area contributed by atoms with Gasteiger partial charge in [-0.05, 0) is 42.5 Å². The van der Waals surface area contributed by atoms with Gasteiger partial charge in [0.2, 0.25) is 0 Å². The average molecular weight is 249 g/mol. The molecule has 0 heterocycles. The number of ketones is 1. The summed E-state index contributed by atoms with van der Waals surface area (Å²) in [4.78, 5) is 12.0. The van der Waals surface area contributed by atoms with Crippen molar-refractivity contribution in [3.63, 3.8) is 0 Å². The van der Waals surface area contributed by atoms with Gasteiger partial charge in [-0.1, -0.05) is 11.6 Å². The van der Waals surface area contributed by atoms with Gasteiger partial charge in [0.15, 0.2) is 17.3 Å². The number of carbonyl (C=O) groups is 1. The van der Waals surface area contributed by atoms with E-state index in [-0.39, 0.29) is 17.3 Å². The quantitative estimate of drug-likeness (QED) is 0.635. The van der Waals surface area contributed by atoms with Crippen molar-refractivity contribution in [2.75, 3.05) is 0 Å². The fraction of sp³-hybridized carbons (Fsp3) is 0. The first kappa shape index (κ1) is 11.5. The molecule has 0 aliphatic rings. The van der Waals surface area contributed by atoms with E-state index in [2.05, 4.69) is 0 Å². The van der Waals surface area contributed by atoms with E-state index in [4.69, 9.17) is 16.7 Å². The zero-order valence-corrected chi connectivity index (χ0v) is 9.48. The Bertz CT molecular complexity index is 561. The summed E-state index contributed by atoms with van der Waals surface area (Å²) >= 11 is 5.72. The molecule has 2 rings (SSSR count). The number of phenolic OH excluding ortho intramolecular Hbond substituents is 2. The third-order valence-corrected chi connectivity index (χ3v) is 2.60. The molecule has 0 aromatic heterocycles. The van der Waals surface area contributed by atoms with Crippen molar-refractivity contribution in [3.05, 3.63) is 58.6 Å². The van der Waals surface area contributed by atoms with Crippen molar-refractivity contribution in [1.29, 1.82) is 0 Å². The molecule has 0 fully saturated rings. The Morgan fingerprint density at radius 1 is 0.882 bits per heavy atom. The van der Waals surface area contributed by atoms with Gasteiger partial charge in [-0.25, -0.2) is 0 Å². The van der Waals surface area contributed by atoms with Crippen LogP contribution >= 0.6 is 11.6 Å². The summed E-state index contributed by atoms with van der Waals surface area (Å²) in [5.74, 6) is -0.806. The van der Waals surface area contributed by atoms with Crippen LogP contribution in [0.5, 0.6) is 11.5 Å². The molecule has 4 heteroatoms. The second-order valence-electron chi connectivity index (χ2n) is 3.54. The Morgan fingerprint density at radius 3 is 2.06 bits per heavy atom. The molecule has 0 unspecified atom stereocenters. The summed E-state index contributed by atoms with van der Waals surface area (Å²) in [6.07, 6.45) is 0. The molecule has 2 aromatic rings. The fourth-order valence-electron chi connectivity index (χ4n) is 1.43. The Labute approximate surface area is 103 Å². The van der Waals surface area contributed by atoms with E-state index in [1.165, 1.54) is 18.2 Å². The molecule has 0 saturated heterocycles. The van der Waals surface area contributed by atoms with Gasteiger partial charge in [-0.3, -0.25) is 4.79 Å². The number of benzene rings is 2. The van der Waals surface area contributed by atoms with Gasteiger partial charge >= 0.3 is 0 Å². The van der Waals surface area contributed by atoms with Gasteiger partial charge in [0.25, 0.3) is 0 Å². The van der Waals surface area contributed by atoms with Crippen molar-refractivity contribution in [2.24, 2.45) is 0 Å². The van der Waals surface area contributed by atoms with Gasteiger partial charge < -0.3 is 10.2 Å². The number of halogens is 1. The Hall–Kier alpha value is -2.00. The molecule has 3 nitrogen and oxygen atoms in total. The molecule has 0 amide bonds. The van der Waals surface area contributed by atoms with E-state index < -0.39 is 0 Å². The van der Waals surface area contributed by atoms with Crippen LogP contribution in [0, 0.1) is 0 Å². The van der Waals surface area contributed by atoms with Crippen LogP contribution in [-0.4, -0.2) is 16.0 Å². The van der Waals surface area contributed by atoms with Crippen molar-refractivity contribution in [2.45, 2.75) is 0 Å². The van der Waals surface area contributed by atoms with Crippen molar-refractivity contribution in [1.82, 2.24) is 0 Å². The van der Waals surface area contributed by atoms with Gasteiger partial charge in [0, 0.05) is 16.1 Å². The highest BCUT2D eigenvalue weighted by Crippen LogP contribution is 2.26. The van der Waals surface area contributed by atoms with Crippen LogP contribution in [0.2, 0.25) is 5.02 Å². The monoisotopic (exact) mass is 248 g/mol.